The van der Waals surface area contributed by atoms with Gasteiger partial charge >= 0.3 is 0 Å². The Morgan fingerprint density at radius 2 is 1.77 bits per heavy atom. The Labute approximate surface area is 184 Å². The van der Waals surface area contributed by atoms with Crippen molar-refractivity contribution in [2.24, 2.45) is 0 Å². The van der Waals surface area contributed by atoms with Crippen LogP contribution in [0.4, 0.5) is 10.1 Å². The highest BCUT2D eigenvalue weighted by molar-refractivity contribution is 6.52. The average Bonchev–Trinajstić information content (AvgIpc) is 2.98. The highest BCUT2D eigenvalue weighted by Gasteiger charge is 2.36. The smallest absolute Gasteiger partial charge is 0.299 e. The second-order valence-electron chi connectivity index (χ2n) is 7.32. The van der Waals surface area contributed by atoms with Crippen LogP contribution in [0.15, 0.2) is 36.4 Å². The van der Waals surface area contributed by atoms with E-state index in [1.54, 1.807) is 6.07 Å². The average molecular weight is 451 g/mol. The lowest BCUT2D eigenvalue weighted by Gasteiger charge is -2.35. The van der Waals surface area contributed by atoms with Crippen molar-refractivity contribution in [3.05, 3.63) is 63.4 Å². The summed E-state index contributed by atoms with van der Waals surface area (Å²) in [5, 5.41) is 3.24. The predicted octanol–water partition coefficient (Wildman–Crippen LogP) is 2.98. The minimum atomic E-state index is -0.641. The summed E-state index contributed by atoms with van der Waals surface area (Å²) in [6.45, 7) is 4.90. The van der Waals surface area contributed by atoms with E-state index in [9.17, 15) is 14.0 Å². The number of hydrogen-bond donors (Lipinski definition) is 1. The fourth-order valence-corrected chi connectivity index (χ4v) is 4.13. The van der Waals surface area contributed by atoms with Crippen LogP contribution in [0.25, 0.3) is 0 Å². The maximum Gasteiger partial charge on any atom is 0.299 e. The van der Waals surface area contributed by atoms with Crippen LogP contribution in [0.3, 0.4) is 0 Å². The van der Waals surface area contributed by atoms with Crippen LogP contribution in [0.2, 0.25) is 10.0 Å². The Kier molecular flexibility index (Phi) is 6.36. The molecule has 2 aliphatic heterocycles. The Balaban J connectivity index is 1.26. The number of carbonyl (C=O) groups excluding carboxylic acids is 2. The van der Waals surface area contributed by atoms with E-state index in [1.807, 2.05) is 12.1 Å². The molecule has 6 nitrogen and oxygen atoms in total. The van der Waals surface area contributed by atoms with Gasteiger partial charge in [0.15, 0.2) is 0 Å². The number of halogens is 3. The zero-order valence-electron chi connectivity index (χ0n) is 16.2. The number of piperazine rings is 1. The van der Waals surface area contributed by atoms with E-state index < -0.39 is 17.5 Å². The molecule has 4 rings (SSSR count). The van der Waals surface area contributed by atoms with E-state index in [1.165, 1.54) is 17.0 Å². The molecular formula is C21H21Cl2FN4O2. The van der Waals surface area contributed by atoms with Gasteiger partial charge in [0.05, 0.1) is 21.3 Å². The van der Waals surface area contributed by atoms with Crippen molar-refractivity contribution in [1.82, 2.24) is 15.3 Å². The van der Waals surface area contributed by atoms with Crippen LogP contribution >= 0.6 is 23.2 Å². The molecular weight excluding hydrogens is 430 g/mol. The Morgan fingerprint density at radius 3 is 2.53 bits per heavy atom. The molecule has 2 aromatic carbocycles. The molecule has 2 heterocycles. The third-order valence-electron chi connectivity index (χ3n) is 5.47. The number of anilines is 1. The van der Waals surface area contributed by atoms with Crippen LogP contribution in [-0.4, -0.2) is 60.9 Å². The number of nitrogens with zero attached hydrogens (tertiary/aromatic N) is 3. The monoisotopic (exact) mass is 450 g/mol. The van der Waals surface area contributed by atoms with Crippen molar-refractivity contribution in [3.63, 3.8) is 0 Å². The Morgan fingerprint density at radius 1 is 1.00 bits per heavy atom. The number of hydrogen-bond acceptors (Lipinski definition) is 5. The molecule has 1 saturated heterocycles. The molecule has 0 radical (unpaired) electrons. The van der Waals surface area contributed by atoms with Crippen LogP contribution in [0.5, 0.6) is 0 Å². The molecule has 0 saturated carbocycles. The second-order valence-corrected chi connectivity index (χ2v) is 8.11. The van der Waals surface area contributed by atoms with Crippen molar-refractivity contribution in [3.8, 4) is 0 Å². The standard InChI is InChI=1S/C21H21Cl2FN4O2/c22-17-3-1-2-14(19(17)23)13-25-27-9-6-26(7-10-27)8-11-28-18-5-4-15(24)12-16(18)20(29)21(28)30/h1-5,12,25H,6-11,13H2. The first-order valence-corrected chi connectivity index (χ1v) is 10.5. The molecule has 30 heavy (non-hydrogen) atoms. The summed E-state index contributed by atoms with van der Waals surface area (Å²) in [6, 6.07) is 9.48. The first-order valence-electron chi connectivity index (χ1n) is 9.73. The summed E-state index contributed by atoms with van der Waals surface area (Å²) in [7, 11) is 0. The van der Waals surface area contributed by atoms with Gasteiger partial charge in [0.1, 0.15) is 5.82 Å². The first kappa shape index (κ1) is 21.2. The van der Waals surface area contributed by atoms with Crippen molar-refractivity contribution >= 4 is 40.6 Å². The molecule has 1 amide bonds. The molecule has 1 fully saturated rings. The number of carbonyl (C=O) groups is 2. The van der Waals surface area contributed by atoms with Crippen LogP contribution in [0.1, 0.15) is 15.9 Å². The van der Waals surface area contributed by atoms with Gasteiger partial charge in [0, 0.05) is 45.8 Å². The highest BCUT2D eigenvalue weighted by Crippen LogP contribution is 2.29. The molecule has 0 unspecified atom stereocenters. The Hall–Kier alpha value is -2.03. The summed E-state index contributed by atoms with van der Waals surface area (Å²) >= 11 is 12.3. The van der Waals surface area contributed by atoms with Crippen LogP contribution in [-0.2, 0) is 11.3 Å². The number of hydrazine groups is 1. The number of rotatable bonds is 6. The van der Waals surface area contributed by atoms with Gasteiger partial charge < -0.3 is 4.90 Å². The quantitative estimate of drug-likeness (QED) is 0.685. The number of ketones is 1. The zero-order chi connectivity index (χ0) is 21.3. The van der Waals surface area contributed by atoms with E-state index in [4.69, 9.17) is 23.2 Å². The molecule has 0 spiro atoms. The van der Waals surface area contributed by atoms with Crippen LogP contribution < -0.4 is 10.3 Å². The summed E-state index contributed by atoms with van der Waals surface area (Å²) in [6.07, 6.45) is 0. The minimum absolute atomic E-state index is 0.147. The number of Topliss-reactive ketones (excluding diaryl/α,β-unsaturated/α-hetero) is 1. The van der Waals surface area contributed by atoms with E-state index in [0.717, 1.165) is 37.8 Å². The van der Waals surface area contributed by atoms with E-state index in [-0.39, 0.29) is 5.56 Å². The van der Waals surface area contributed by atoms with Gasteiger partial charge in [0.25, 0.3) is 11.7 Å². The molecule has 1 N–H and O–H groups in total. The molecule has 2 aliphatic rings. The molecule has 2 aromatic rings. The fourth-order valence-electron chi connectivity index (χ4n) is 3.75. The van der Waals surface area contributed by atoms with Gasteiger partial charge in [0.2, 0.25) is 0 Å². The molecule has 158 valence electrons. The van der Waals surface area contributed by atoms with Gasteiger partial charge in [-0.05, 0) is 29.8 Å². The Bertz CT molecular complexity index is 979. The molecule has 0 aromatic heterocycles. The first-order chi connectivity index (χ1) is 14.4. The topological polar surface area (TPSA) is 55.9 Å². The summed E-state index contributed by atoms with van der Waals surface area (Å²) in [5.41, 5.74) is 4.95. The van der Waals surface area contributed by atoms with E-state index in [0.29, 0.717) is 35.4 Å². The highest BCUT2D eigenvalue weighted by atomic mass is 35.5. The molecule has 0 atom stereocenters. The van der Waals surface area contributed by atoms with Gasteiger partial charge in [-0.3, -0.25) is 19.9 Å². The third kappa shape index (κ3) is 4.36. The normalized spacial score (nSPS) is 17.6. The molecule has 9 heteroatoms. The van der Waals surface area contributed by atoms with Gasteiger partial charge in [-0.1, -0.05) is 35.3 Å². The predicted molar refractivity (Wildman–Crippen MR) is 114 cm³/mol. The lowest BCUT2D eigenvalue weighted by Crippen LogP contribution is -2.53. The number of amides is 1. The van der Waals surface area contributed by atoms with E-state index in [2.05, 4.69) is 15.3 Å². The lowest BCUT2D eigenvalue weighted by molar-refractivity contribution is -0.114. The maximum absolute atomic E-state index is 13.4. The fraction of sp³-hybridized carbons (Fsp3) is 0.333. The summed E-state index contributed by atoms with van der Waals surface area (Å²) in [5.74, 6) is -1.74. The van der Waals surface area contributed by atoms with Crippen LogP contribution in [0, 0.1) is 5.82 Å². The SMILES string of the molecule is O=C1C(=O)N(CCN2CCN(NCc3cccc(Cl)c3Cl)CC2)c2ccc(F)cc21. The summed E-state index contributed by atoms with van der Waals surface area (Å²) in [4.78, 5) is 28.0. The lowest BCUT2D eigenvalue weighted by atomic mass is 10.1. The minimum Gasteiger partial charge on any atom is -0.303 e. The van der Waals surface area contributed by atoms with Crippen molar-refractivity contribution in [2.45, 2.75) is 6.54 Å². The van der Waals surface area contributed by atoms with Crippen molar-refractivity contribution in [2.75, 3.05) is 44.2 Å². The third-order valence-corrected chi connectivity index (χ3v) is 6.33. The van der Waals surface area contributed by atoms with Gasteiger partial charge in [-0.25, -0.2) is 9.40 Å². The number of benzene rings is 2. The van der Waals surface area contributed by atoms with E-state index >= 15 is 0 Å². The van der Waals surface area contributed by atoms with Crippen molar-refractivity contribution < 1.29 is 14.0 Å². The van der Waals surface area contributed by atoms with Gasteiger partial charge in [-0.15, -0.1) is 0 Å². The number of fused-ring (bicyclic) bond motifs is 1. The molecule has 0 bridgehead atoms. The number of nitrogens with one attached hydrogen (secondary N) is 1. The summed E-state index contributed by atoms with van der Waals surface area (Å²) < 4.78 is 13.4. The largest absolute Gasteiger partial charge is 0.303 e. The second kappa shape index (κ2) is 8.99. The van der Waals surface area contributed by atoms with Crippen molar-refractivity contribution in [1.29, 1.82) is 0 Å². The maximum atomic E-state index is 13.4. The van der Waals surface area contributed by atoms with Gasteiger partial charge in [-0.2, -0.15) is 0 Å². The molecule has 0 aliphatic carbocycles. The zero-order valence-corrected chi connectivity index (χ0v) is 17.7.